The molecular formula is C10H13ClF2N2. The fraction of sp³-hybridized carbons (Fsp3) is 0.400. The molecule has 1 aromatic rings. The lowest BCUT2D eigenvalue weighted by Gasteiger charge is -2.15. The zero-order valence-corrected chi connectivity index (χ0v) is 9.19. The van der Waals surface area contributed by atoms with E-state index in [4.69, 9.17) is 17.3 Å². The molecule has 2 N–H and O–H groups in total. The normalized spacial score (nSPS) is 11.1. The van der Waals surface area contributed by atoms with Gasteiger partial charge in [0.15, 0.2) is 0 Å². The summed E-state index contributed by atoms with van der Waals surface area (Å²) in [6.45, 7) is 1.43. The highest BCUT2D eigenvalue weighted by Gasteiger charge is 2.10. The maximum absolute atomic E-state index is 13.3. The Balaban J connectivity index is 2.81. The van der Waals surface area contributed by atoms with Gasteiger partial charge in [-0.05, 0) is 19.2 Å². The Hall–Kier alpha value is -0.710. The molecular weight excluding hydrogens is 222 g/mol. The predicted molar refractivity (Wildman–Crippen MR) is 56.8 cm³/mol. The quantitative estimate of drug-likeness (QED) is 0.808. The van der Waals surface area contributed by atoms with Crippen molar-refractivity contribution in [1.82, 2.24) is 4.90 Å². The van der Waals surface area contributed by atoms with Crippen molar-refractivity contribution in [1.29, 1.82) is 0 Å². The van der Waals surface area contributed by atoms with Crippen LogP contribution in [0.25, 0.3) is 0 Å². The molecule has 1 aromatic carbocycles. The van der Waals surface area contributed by atoms with Crippen LogP contribution >= 0.6 is 11.6 Å². The van der Waals surface area contributed by atoms with E-state index in [1.54, 1.807) is 7.05 Å². The molecule has 1 rings (SSSR count). The van der Waals surface area contributed by atoms with Crippen LogP contribution in [-0.4, -0.2) is 25.0 Å². The van der Waals surface area contributed by atoms with E-state index in [2.05, 4.69) is 0 Å². The molecule has 5 heteroatoms. The second kappa shape index (κ2) is 5.39. The molecule has 0 radical (unpaired) electrons. The SMILES string of the molecule is CN(CCN)Cc1cc(F)c(Cl)cc1F. The van der Waals surface area contributed by atoms with Crippen LogP contribution in [0.15, 0.2) is 12.1 Å². The lowest BCUT2D eigenvalue weighted by atomic mass is 10.2. The van der Waals surface area contributed by atoms with Crippen LogP contribution in [-0.2, 0) is 6.54 Å². The summed E-state index contributed by atoms with van der Waals surface area (Å²) in [6.07, 6.45) is 0. The minimum atomic E-state index is -0.603. The number of halogens is 3. The number of nitrogens with zero attached hydrogens (tertiary/aromatic N) is 1. The Kier molecular flexibility index (Phi) is 4.45. The number of nitrogens with two attached hydrogens (primary N) is 1. The summed E-state index contributed by atoms with van der Waals surface area (Å²) >= 11 is 5.44. The van der Waals surface area contributed by atoms with Crippen molar-refractivity contribution in [3.8, 4) is 0 Å². The van der Waals surface area contributed by atoms with Crippen LogP contribution in [0.1, 0.15) is 5.56 Å². The van der Waals surface area contributed by atoms with Gasteiger partial charge in [0, 0.05) is 25.2 Å². The average Bonchev–Trinajstić information content (AvgIpc) is 2.14. The number of hydrogen-bond acceptors (Lipinski definition) is 2. The average molecular weight is 235 g/mol. The summed E-state index contributed by atoms with van der Waals surface area (Å²) in [4.78, 5) is 1.81. The second-order valence-corrected chi connectivity index (χ2v) is 3.79. The van der Waals surface area contributed by atoms with E-state index in [9.17, 15) is 8.78 Å². The van der Waals surface area contributed by atoms with E-state index in [1.807, 2.05) is 4.90 Å². The van der Waals surface area contributed by atoms with Gasteiger partial charge in [-0.1, -0.05) is 11.6 Å². The molecule has 0 amide bonds. The zero-order chi connectivity index (χ0) is 11.4. The first-order valence-corrected chi connectivity index (χ1v) is 4.94. The molecule has 15 heavy (non-hydrogen) atoms. The van der Waals surface area contributed by atoms with Gasteiger partial charge in [-0.15, -0.1) is 0 Å². The van der Waals surface area contributed by atoms with Crippen LogP contribution in [0.2, 0.25) is 5.02 Å². The minimum Gasteiger partial charge on any atom is -0.329 e. The zero-order valence-electron chi connectivity index (χ0n) is 8.43. The lowest BCUT2D eigenvalue weighted by Crippen LogP contribution is -2.25. The summed E-state index contributed by atoms with van der Waals surface area (Å²) < 4.78 is 26.4. The first kappa shape index (κ1) is 12.4. The highest BCUT2D eigenvalue weighted by atomic mass is 35.5. The third kappa shape index (κ3) is 3.41. The van der Waals surface area contributed by atoms with Gasteiger partial charge in [-0.2, -0.15) is 0 Å². The molecule has 0 bridgehead atoms. The minimum absolute atomic E-state index is 0.197. The molecule has 0 saturated carbocycles. The molecule has 0 aliphatic heterocycles. The van der Waals surface area contributed by atoms with Crippen LogP contribution in [0.5, 0.6) is 0 Å². The molecule has 0 atom stereocenters. The summed E-state index contributed by atoms with van der Waals surface area (Å²) in [5, 5.41) is -0.197. The van der Waals surface area contributed by atoms with Crippen LogP contribution in [0.4, 0.5) is 8.78 Å². The molecule has 0 aromatic heterocycles. The second-order valence-electron chi connectivity index (χ2n) is 3.38. The standard InChI is InChI=1S/C10H13ClF2N2/c1-15(3-2-14)6-7-4-10(13)8(11)5-9(7)12/h4-5H,2-3,6,14H2,1H3. The third-order valence-corrected chi connectivity index (χ3v) is 2.33. The summed E-state index contributed by atoms with van der Waals surface area (Å²) in [7, 11) is 1.79. The van der Waals surface area contributed by atoms with E-state index < -0.39 is 11.6 Å². The molecule has 0 spiro atoms. The summed E-state index contributed by atoms with van der Waals surface area (Å²) in [5.74, 6) is -1.10. The topological polar surface area (TPSA) is 29.3 Å². The van der Waals surface area contributed by atoms with Crippen LogP contribution < -0.4 is 5.73 Å². The Bertz CT molecular complexity index is 344. The number of rotatable bonds is 4. The first-order valence-electron chi connectivity index (χ1n) is 4.56. The van der Waals surface area contributed by atoms with Gasteiger partial charge in [0.25, 0.3) is 0 Å². The number of benzene rings is 1. The summed E-state index contributed by atoms with van der Waals surface area (Å²) in [6, 6.07) is 2.10. The lowest BCUT2D eigenvalue weighted by molar-refractivity contribution is 0.329. The molecule has 0 aliphatic carbocycles. The van der Waals surface area contributed by atoms with Gasteiger partial charge in [-0.25, -0.2) is 8.78 Å². The maximum atomic E-state index is 13.3. The molecule has 0 aliphatic rings. The Morgan fingerprint density at radius 3 is 2.60 bits per heavy atom. The fourth-order valence-electron chi connectivity index (χ4n) is 1.28. The Morgan fingerprint density at radius 2 is 2.00 bits per heavy atom. The molecule has 0 unspecified atom stereocenters. The van der Waals surface area contributed by atoms with Crippen molar-refractivity contribution in [3.63, 3.8) is 0 Å². The van der Waals surface area contributed by atoms with Gasteiger partial charge < -0.3 is 10.6 Å². The van der Waals surface area contributed by atoms with Crippen molar-refractivity contribution in [3.05, 3.63) is 34.4 Å². The largest absolute Gasteiger partial charge is 0.329 e. The third-order valence-electron chi connectivity index (χ3n) is 2.04. The van der Waals surface area contributed by atoms with Crippen molar-refractivity contribution in [2.45, 2.75) is 6.54 Å². The fourth-order valence-corrected chi connectivity index (χ4v) is 1.43. The van der Waals surface area contributed by atoms with Crippen LogP contribution in [0, 0.1) is 11.6 Å². The van der Waals surface area contributed by atoms with Crippen molar-refractivity contribution in [2.24, 2.45) is 5.73 Å². The van der Waals surface area contributed by atoms with Gasteiger partial charge in [0.2, 0.25) is 0 Å². The van der Waals surface area contributed by atoms with E-state index in [0.29, 0.717) is 19.6 Å². The molecule has 84 valence electrons. The van der Waals surface area contributed by atoms with Gasteiger partial charge >= 0.3 is 0 Å². The maximum Gasteiger partial charge on any atom is 0.142 e. The van der Waals surface area contributed by atoms with Crippen molar-refractivity contribution in [2.75, 3.05) is 20.1 Å². The van der Waals surface area contributed by atoms with Crippen molar-refractivity contribution < 1.29 is 8.78 Å². The van der Waals surface area contributed by atoms with Crippen LogP contribution in [0.3, 0.4) is 0 Å². The van der Waals surface area contributed by atoms with E-state index >= 15 is 0 Å². The highest BCUT2D eigenvalue weighted by molar-refractivity contribution is 6.30. The highest BCUT2D eigenvalue weighted by Crippen LogP contribution is 2.20. The molecule has 0 saturated heterocycles. The van der Waals surface area contributed by atoms with Crippen molar-refractivity contribution >= 4 is 11.6 Å². The molecule has 2 nitrogen and oxygen atoms in total. The van der Waals surface area contributed by atoms with E-state index in [1.165, 1.54) is 0 Å². The number of likely N-dealkylation sites (N-methyl/N-ethyl adjacent to an activating group) is 1. The molecule has 0 heterocycles. The van der Waals surface area contributed by atoms with Gasteiger partial charge in [0.1, 0.15) is 11.6 Å². The first-order chi connectivity index (χ1) is 7.04. The van der Waals surface area contributed by atoms with E-state index in [-0.39, 0.29) is 10.6 Å². The summed E-state index contributed by atoms with van der Waals surface area (Å²) in [5.41, 5.74) is 5.63. The predicted octanol–water partition coefficient (Wildman–Crippen LogP) is 2.01. The Morgan fingerprint density at radius 1 is 1.33 bits per heavy atom. The van der Waals surface area contributed by atoms with E-state index in [0.717, 1.165) is 12.1 Å². The Labute approximate surface area is 92.6 Å². The smallest absolute Gasteiger partial charge is 0.142 e. The molecule has 0 fully saturated rings. The number of hydrogen-bond donors (Lipinski definition) is 1. The van der Waals surface area contributed by atoms with Gasteiger partial charge in [0.05, 0.1) is 5.02 Å². The van der Waals surface area contributed by atoms with Gasteiger partial charge in [-0.3, -0.25) is 0 Å². The monoisotopic (exact) mass is 234 g/mol.